The van der Waals surface area contributed by atoms with Crippen LogP contribution in [0.2, 0.25) is 5.02 Å². The van der Waals surface area contributed by atoms with E-state index in [9.17, 15) is 9.18 Å². The highest BCUT2D eigenvalue weighted by molar-refractivity contribution is 6.34. The van der Waals surface area contributed by atoms with Crippen molar-refractivity contribution in [1.29, 1.82) is 0 Å². The molecule has 1 aliphatic carbocycles. The maximum absolute atomic E-state index is 13.2. The van der Waals surface area contributed by atoms with Gasteiger partial charge in [0.25, 0.3) is 0 Å². The lowest BCUT2D eigenvalue weighted by Gasteiger charge is -2.32. The zero-order chi connectivity index (χ0) is 19.5. The summed E-state index contributed by atoms with van der Waals surface area (Å²) in [6.45, 7) is 0.890. The summed E-state index contributed by atoms with van der Waals surface area (Å²) >= 11 is 6.26. The van der Waals surface area contributed by atoms with Crippen molar-refractivity contribution >= 4 is 23.2 Å². The molecule has 2 aromatic carbocycles. The van der Waals surface area contributed by atoms with Crippen LogP contribution in [-0.2, 0) is 16.2 Å². The van der Waals surface area contributed by atoms with Crippen molar-refractivity contribution in [3.8, 4) is 0 Å². The smallest absolute Gasteiger partial charge is 0.226 e. The molecule has 1 saturated carbocycles. The number of rotatable bonds is 6. The van der Waals surface area contributed by atoms with Crippen LogP contribution in [0, 0.1) is 11.7 Å². The van der Waals surface area contributed by atoms with Crippen LogP contribution in [0.5, 0.6) is 0 Å². The minimum atomic E-state index is -0.280. The standard InChI is InChI=1S/C22H22ClFN2O2/c23-20-7-2-1-6-19(20)21-12-18(28-25-21)14-26(22(27)16-4-3-5-16)13-15-8-10-17(24)11-9-15/h1-2,6-11,16,18H,3-5,12-14H2/t18-/m1/s1. The Hall–Kier alpha value is -2.40. The molecule has 1 fully saturated rings. The van der Waals surface area contributed by atoms with Gasteiger partial charge in [0.1, 0.15) is 5.82 Å². The summed E-state index contributed by atoms with van der Waals surface area (Å²) in [7, 11) is 0. The molecule has 4 rings (SSSR count). The van der Waals surface area contributed by atoms with Crippen LogP contribution in [0.25, 0.3) is 0 Å². The van der Waals surface area contributed by atoms with Gasteiger partial charge in [-0.25, -0.2) is 4.39 Å². The van der Waals surface area contributed by atoms with Gasteiger partial charge in [-0.1, -0.05) is 53.5 Å². The van der Waals surface area contributed by atoms with Gasteiger partial charge in [0.2, 0.25) is 5.91 Å². The number of oxime groups is 1. The van der Waals surface area contributed by atoms with Gasteiger partial charge in [0.15, 0.2) is 6.10 Å². The van der Waals surface area contributed by atoms with Crippen LogP contribution in [0.1, 0.15) is 36.8 Å². The summed E-state index contributed by atoms with van der Waals surface area (Å²) in [5.74, 6) is -0.0475. The fraction of sp³-hybridized carbons (Fsp3) is 0.364. The Morgan fingerprint density at radius 3 is 2.61 bits per heavy atom. The Kier molecular flexibility index (Phi) is 5.62. The molecule has 6 heteroatoms. The van der Waals surface area contributed by atoms with E-state index in [1.807, 2.05) is 29.2 Å². The Bertz CT molecular complexity index is 880. The molecule has 4 nitrogen and oxygen atoms in total. The Morgan fingerprint density at radius 2 is 1.93 bits per heavy atom. The van der Waals surface area contributed by atoms with Gasteiger partial charge < -0.3 is 9.74 Å². The van der Waals surface area contributed by atoms with Crippen molar-refractivity contribution in [1.82, 2.24) is 4.90 Å². The fourth-order valence-electron chi connectivity index (χ4n) is 3.58. The second-order valence-corrected chi connectivity index (χ2v) is 7.83. The lowest BCUT2D eigenvalue weighted by Crippen LogP contribution is -2.42. The maximum Gasteiger partial charge on any atom is 0.226 e. The van der Waals surface area contributed by atoms with Gasteiger partial charge in [-0.15, -0.1) is 0 Å². The van der Waals surface area contributed by atoms with Crippen LogP contribution in [0.3, 0.4) is 0 Å². The first-order valence-electron chi connectivity index (χ1n) is 9.61. The van der Waals surface area contributed by atoms with Crippen LogP contribution in [0.15, 0.2) is 53.7 Å². The number of carbonyl (C=O) groups excluding carboxylic acids is 1. The lowest BCUT2D eigenvalue weighted by molar-refractivity contribution is -0.140. The third kappa shape index (κ3) is 4.20. The molecule has 2 aromatic rings. The molecule has 2 aliphatic rings. The topological polar surface area (TPSA) is 41.9 Å². The normalized spacial score (nSPS) is 18.9. The molecular formula is C22H22ClFN2O2. The third-order valence-corrected chi connectivity index (χ3v) is 5.72. The lowest BCUT2D eigenvalue weighted by atomic mass is 9.84. The molecule has 0 spiro atoms. The van der Waals surface area contributed by atoms with Crippen molar-refractivity contribution in [3.05, 3.63) is 70.5 Å². The Morgan fingerprint density at radius 1 is 1.18 bits per heavy atom. The Balaban J connectivity index is 1.44. The second-order valence-electron chi connectivity index (χ2n) is 7.42. The van der Waals surface area contributed by atoms with Crippen LogP contribution >= 0.6 is 11.6 Å². The van der Waals surface area contributed by atoms with E-state index in [2.05, 4.69) is 5.16 Å². The van der Waals surface area contributed by atoms with Crippen molar-refractivity contribution in [2.45, 2.75) is 38.3 Å². The molecular weight excluding hydrogens is 379 g/mol. The van der Waals surface area contributed by atoms with E-state index in [0.29, 0.717) is 24.5 Å². The van der Waals surface area contributed by atoms with E-state index in [1.54, 1.807) is 12.1 Å². The molecule has 0 unspecified atom stereocenters. The summed E-state index contributed by atoms with van der Waals surface area (Å²) in [6, 6.07) is 13.8. The van der Waals surface area contributed by atoms with E-state index < -0.39 is 0 Å². The van der Waals surface area contributed by atoms with Crippen LogP contribution in [-0.4, -0.2) is 29.2 Å². The quantitative estimate of drug-likeness (QED) is 0.698. The molecule has 0 aromatic heterocycles. The zero-order valence-corrected chi connectivity index (χ0v) is 16.2. The molecule has 28 heavy (non-hydrogen) atoms. The molecule has 0 bridgehead atoms. The van der Waals surface area contributed by atoms with E-state index in [0.717, 1.165) is 36.1 Å². The van der Waals surface area contributed by atoms with Crippen LogP contribution in [0.4, 0.5) is 4.39 Å². The fourth-order valence-corrected chi connectivity index (χ4v) is 3.83. The first-order valence-corrected chi connectivity index (χ1v) is 9.99. The van der Waals surface area contributed by atoms with Crippen LogP contribution < -0.4 is 0 Å². The molecule has 0 N–H and O–H groups in total. The van der Waals surface area contributed by atoms with Gasteiger partial charge in [-0.2, -0.15) is 0 Å². The summed E-state index contributed by atoms with van der Waals surface area (Å²) in [4.78, 5) is 20.4. The van der Waals surface area contributed by atoms with Crippen molar-refractivity contribution in [2.75, 3.05) is 6.54 Å². The van der Waals surface area contributed by atoms with E-state index >= 15 is 0 Å². The number of amides is 1. The van der Waals surface area contributed by atoms with Gasteiger partial charge >= 0.3 is 0 Å². The average Bonchev–Trinajstić information content (AvgIpc) is 3.10. The summed E-state index contributed by atoms with van der Waals surface area (Å²) in [5, 5.41) is 4.84. The predicted octanol–water partition coefficient (Wildman–Crippen LogP) is 4.80. The zero-order valence-electron chi connectivity index (χ0n) is 15.5. The summed E-state index contributed by atoms with van der Waals surface area (Å²) in [5.41, 5.74) is 2.56. The Labute approximate surface area is 168 Å². The molecule has 0 saturated heterocycles. The van der Waals surface area contributed by atoms with Crippen molar-refractivity contribution in [2.24, 2.45) is 11.1 Å². The molecule has 1 amide bonds. The van der Waals surface area contributed by atoms with E-state index in [1.165, 1.54) is 12.1 Å². The minimum Gasteiger partial charge on any atom is -0.390 e. The highest BCUT2D eigenvalue weighted by Crippen LogP contribution is 2.30. The first-order chi connectivity index (χ1) is 13.6. The molecule has 1 aliphatic heterocycles. The number of benzene rings is 2. The SMILES string of the molecule is O=C(C1CCC1)N(Cc1ccc(F)cc1)C[C@H]1CC(c2ccccc2Cl)=NO1. The number of hydrogen-bond donors (Lipinski definition) is 0. The average molecular weight is 401 g/mol. The third-order valence-electron chi connectivity index (χ3n) is 5.39. The first kappa shape index (κ1) is 18.9. The maximum atomic E-state index is 13.2. The highest BCUT2D eigenvalue weighted by atomic mass is 35.5. The van der Waals surface area contributed by atoms with Gasteiger partial charge in [0, 0.05) is 29.5 Å². The van der Waals surface area contributed by atoms with E-state index in [-0.39, 0.29) is 23.7 Å². The second kappa shape index (κ2) is 8.31. The largest absolute Gasteiger partial charge is 0.390 e. The molecule has 146 valence electrons. The highest BCUT2D eigenvalue weighted by Gasteiger charge is 2.33. The van der Waals surface area contributed by atoms with Crippen molar-refractivity contribution in [3.63, 3.8) is 0 Å². The van der Waals surface area contributed by atoms with Gasteiger partial charge in [-0.3, -0.25) is 4.79 Å². The minimum absolute atomic E-state index is 0.0887. The monoisotopic (exact) mass is 400 g/mol. The predicted molar refractivity (Wildman–Crippen MR) is 107 cm³/mol. The van der Waals surface area contributed by atoms with Crippen molar-refractivity contribution < 1.29 is 14.0 Å². The number of hydrogen-bond acceptors (Lipinski definition) is 3. The molecule has 0 radical (unpaired) electrons. The van der Waals surface area contributed by atoms with Gasteiger partial charge in [0.05, 0.1) is 12.3 Å². The molecule has 1 atom stereocenters. The number of carbonyl (C=O) groups is 1. The molecule has 1 heterocycles. The summed E-state index contributed by atoms with van der Waals surface area (Å²) in [6.07, 6.45) is 3.36. The van der Waals surface area contributed by atoms with Gasteiger partial charge in [-0.05, 0) is 36.6 Å². The number of halogens is 2. The van der Waals surface area contributed by atoms with E-state index in [4.69, 9.17) is 16.4 Å². The number of nitrogens with zero attached hydrogens (tertiary/aromatic N) is 2. The summed E-state index contributed by atoms with van der Waals surface area (Å²) < 4.78 is 13.2.